The van der Waals surface area contributed by atoms with Crippen LogP contribution >= 0.6 is 0 Å². The summed E-state index contributed by atoms with van der Waals surface area (Å²) in [4.78, 5) is 36.1. The zero-order valence-electron chi connectivity index (χ0n) is 15.9. The van der Waals surface area contributed by atoms with Crippen molar-refractivity contribution in [2.75, 3.05) is 20.3 Å². The summed E-state index contributed by atoms with van der Waals surface area (Å²) in [6, 6.07) is 15.2. The van der Waals surface area contributed by atoms with Crippen molar-refractivity contribution in [3.05, 3.63) is 65.7 Å². The van der Waals surface area contributed by atoms with E-state index in [4.69, 9.17) is 9.47 Å². The number of hydrogen-bond acceptors (Lipinski definition) is 5. The molecule has 1 atom stereocenters. The zero-order chi connectivity index (χ0) is 20.4. The van der Waals surface area contributed by atoms with Crippen molar-refractivity contribution in [3.63, 3.8) is 0 Å². The molecule has 0 saturated carbocycles. The summed E-state index contributed by atoms with van der Waals surface area (Å²) in [5.41, 5.74) is 1.20. The second kappa shape index (κ2) is 10.7. The van der Waals surface area contributed by atoms with Crippen LogP contribution in [0.3, 0.4) is 0 Å². The van der Waals surface area contributed by atoms with Crippen LogP contribution in [0.15, 0.2) is 54.6 Å². The topological polar surface area (TPSA) is 93.7 Å². The molecule has 2 N–H and O–H groups in total. The second-order valence-corrected chi connectivity index (χ2v) is 5.95. The van der Waals surface area contributed by atoms with Gasteiger partial charge in [-0.1, -0.05) is 30.3 Å². The summed E-state index contributed by atoms with van der Waals surface area (Å²) in [7, 11) is 1.29. The molecule has 0 aliphatic carbocycles. The van der Waals surface area contributed by atoms with Gasteiger partial charge in [0.25, 0.3) is 5.91 Å². The summed E-state index contributed by atoms with van der Waals surface area (Å²) in [5.74, 6) is -0.544. The maximum Gasteiger partial charge on any atom is 0.307 e. The number of ether oxygens (including phenoxy) is 2. The standard InChI is InChI=1S/C21H24N2O5/c1-3-28-17-11-9-16(10-12-17)21(26)22-14-19(24)23-18(13-20(25)27-2)15-7-5-4-6-8-15/h4-12,18H,3,13-14H2,1-2H3,(H,22,26)(H,23,24). The molecule has 0 aromatic heterocycles. The first-order chi connectivity index (χ1) is 13.5. The van der Waals surface area contributed by atoms with E-state index in [1.165, 1.54) is 7.11 Å². The van der Waals surface area contributed by atoms with Crippen LogP contribution < -0.4 is 15.4 Å². The highest BCUT2D eigenvalue weighted by Gasteiger charge is 2.19. The zero-order valence-corrected chi connectivity index (χ0v) is 15.9. The van der Waals surface area contributed by atoms with Crippen molar-refractivity contribution in [1.82, 2.24) is 10.6 Å². The predicted molar refractivity (Wildman–Crippen MR) is 104 cm³/mol. The van der Waals surface area contributed by atoms with Crippen LogP contribution in [0.2, 0.25) is 0 Å². The maximum atomic E-state index is 12.3. The van der Waals surface area contributed by atoms with Crippen LogP contribution in [0.25, 0.3) is 0 Å². The first-order valence-electron chi connectivity index (χ1n) is 8.95. The number of esters is 1. The van der Waals surface area contributed by atoms with E-state index in [0.717, 1.165) is 5.56 Å². The highest BCUT2D eigenvalue weighted by molar-refractivity contribution is 5.96. The fourth-order valence-electron chi connectivity index (χ4n) is 2.56. The Morgan fingerprint density at radius 1 is 1.00 bits per heavy atom. The lowest BCUT2D eigenvalue weighted by atomic mass is 10.0. The van der Waals surface area contributed by atoms with Gasteiger partial charge < -0.3 is 20.1 Å². The van der Waals surface area contributed by atoms with Gasteiger partial charge in [0, 0.05) is 5.56 Å². The normalized spacial score (nSPS) is 11.2. The van der Waals surface area contributed by atoms with Crippen molar-refractivity contribution in [2.45, 2.75) is 19.4 Å². The SMILES string of the molecule is CCOc1ccc(C(=O)NCC(=O)NC(CC(=O)OC)c2ccccc2)cc1. The average molecular weight is 384 g/mol. The molecule has 0 aliphatic rings. The van der Waals surface area contributed by atoms with Crippen molar-refractivity contribution in [3.8, 4) is 5.75 Å². The molecule has 0 fully saturated rings. The minimum atomic E-state index is -0.538. The van der Waals surface area contributed by atoms with Crippen LogP contribution in [-0.2, 0) is 14.3 Å². The molecule has 2 aromatic carbocycles. The molecule has 0 saturated heterocycles. The Morgan fingerprint density at radius 2 is 1.68 bits per heavy atom. The lowest BCUT2D eigenvalue weighted by Gasteiger charge is -2.18. The van der Waals surface area contributed by atoms with E-state index >= 15 is 0 Å². The van der Waals surface area contributed by atoms with E-state index in [-0.39, 0.29) is 18.9 Å². The van der Waals surface area contributed by atoms with Gasteiger partial charge in [-0.15, -0.1) is 0 Å². The summed E-state index contributed by atoms with van der Waals surface area (Å²) in [5, 5.41) is 5.32. The molecule has 2 amide bonds. The second-order valence-electron chi connectivity index (χ2n) is 5.95. The quantitative estimate of drug-likeness (QED) is 0.647. The van der Waals surface area contributed by atoms with Crippen LogP contribution in [-0.4, -0.2) is 38.0 Å². The lowest BCUT2D eigenvalue weighted by Crippen LogP contribution is -2.39. The highest BCUT2D eigenvalue weighted by atomic mass is 16.5. The van der Waals surface area contributed by atoms with Gasteiger partial charge in [-0.3, -0.25) is 14.4 Å². The Bertz CT molecular complexity index is 790. The van der Waals surface area contributed by atoms with Crippen molar-refractivity contribution in [1.29, 1.82) is 0 Å². The van der Waals surface area contributed by atoms with E-state index < -0.39 is 17.9 Å². The van der Waals surface area contributed by atoms with E-state index in [0.29, 0.717) is 17.9 Å². The summed E-state index contributed by atoms with van der Waals surface area (Å²) < 4.78 is 10.0. The first-order valence-corrected chi connectivity index (χ1v) is 8.95. The minimum absolute atomic E-state index is 0.000902. The third-order valence-electron chi connectivity index (χ3n) is 3.97. The summed E-state index contributed by atoms with van der Waals surface area (Å²) in [6.45, 7) is 2.21. The molecule has 7 nitrogen and oxygen atoms in total. The molecule has 0 heterocycles. The number of rotatable bonds is 9. The number of methoxy groups -OCH3 is 1. The lowest BCUT2D eigenvalue weighted by molar-refractivity contribution is -0.141. The smallest absolute Gasteiger partial charge is 0.307 e. The Labute approximate surface area is 164 Å². The fraction of sp³-hybridized carbons (Fsp3) is 0.286. The number of benzene rings is 2. The summed E-state index contributed by atoms with van der Waals surface area (Å²) >= 11 is 0. The van der Waals surface area contributed by atoms with Gasteiger partial charge in [0.15, 0.2) is 0 Å². The van der Waals surface area contributed by atoms with E-state index in [9.17, 15) is 14.4 Å². The van der Waals surface area contributed by atoms with Gasteiger partial charge in [-0.05, 0) is 36.8 Å². The Morgan fingerprint density at radius 3 is 2.29 bits per heavy atom. The molecular formula is C21H24N2O5. The molecule has 1 unspecified atom stereocenters. The van der Waals surface area contributed by atoms with E-state index in [1.54, 1.807) is 24.3 Å². The number of carbonyl (C=O) groups is 3. The molecule has 0 spiro atoms. The van der Waals surface area contributed by atoms with Gasteiger partial charge in [0.1, 0.15) is 5.75 Å². The molecule has 0 bridgehead atoms. The Balaban J connectivity index is 1.92. The van der Waals surface area contributed by atoms with Gasteiger partial charge in [-0.25, -0.2) is 0 Å². The molecular weight excluding hydrogens is 360 g/mol. The van der Waals surface area contributed by atoms with Crippen LogP contribution in [0.4, 0.5) is 0 Å². The van der Waals surface area contributed by atoms with Gasteiger partial charge in [0.05, 0.1) is 32.7 Å². The Hall–Kier alpha value is -3.35. The van der Waals surface area contributed by atoms with Crippen molar-refractivity contribution >= 4 is 17.8 Å². The van der Waals surface area contributed by atoms with Crippen LogP contribution in [0, 0.1) is 0 Å². The highest BCUT2D eigenvalue weighted by Crippen LogP contribution is 2.17. The maximum absolute atomic E-state index is 12.3. The van der Waals surface area contributed by atoms with Gasteiger partial charge >= 0.3 is 5.97 Å². The molecule has 2 aromatic rings. The average Bonchev–Trinajstić information content (AvgIpc) is 2.72. The van der Waals surface area contributed by atoms with Crippen molar-refractivity contribution in [2.24, 2.45) is 0 Å². The number of hydrogen-bond donors (Lipinski definition) is 2. The molecule has 28 heavy (non-hydrogen) atoms. The summed E-state index contributed by atoms with van der Waals surface area (Å²) in [6.07, 6.45) is -0.000902. The molecule has 148 valence electrons. The van der Waals surface area contributed by atoms with Crippen molar-refractivity contribution < 1.29 is 23.9 Å². The largest absolute Gasteiger partial charge is 0.494 e. The number of nitrogens with one attached hydrogen (secondary N) is 2. The van der Waals surface area contributed by atoms with Crippen LogP contribution in [0.1, 0.15) is 35.3 Å². The molecule has 7 heteroatoms. The predicted octanol–water partition coefficient (Wildman–Crippen LogP) is 2.24. The molecule has 0 radical (unpaired) electrons. The number of amides is 2. The van der Waals surface area contributed by atoms with E-state index in [2.05, 4.69) is 10.6 Å². The third kappa shape index (κ3) is 6.42. The van der Waals surface area contributed by atoms with E-state index in [1.807, 2.05) is 37.3 Å². The van der Waals surface area contributed by atoms with Gasteiger partial charge in [-0.2, -0.15) is 0 Å². The Kier molecular flexibility index (Phi) is 8.02. The number of carbonyl (C=O) groups excluding carboxylic acids is 3. The fourth-order valence-corrected chi connectivity index (χ4v) is 2.56. The van der Waals surface area contributed by atoms with Crippen LogP contribution in [0.5, 0.6) is 5.75 Å². The minimum Gasteiger partial charge on any atom is -0.494 e. The monoisotopic (exact) mass is 384 g/mol. The molecule has 0 aliphatic heterocycles. The third-order valence-corrected chi connectivity index (χ3v) is 3.97. The first kappa shape index (κ1) is 21.0. The van der Waals surface area contributed by atoms with Gasteiger partial charge in [0.2, 0.25) is 5.91 Å². The molecule has 2 rings (SSSR count).